The molecule has 0 spiro atoms. The van der Waals surface area contributed by atoms with E-state index in [2.05, 4.69) is 34.6 Å². The topological polar surface area (TPSA) is 37.3 Å². The Hall–Kier alpha value is -0.530. The van der Waals surface area contributed by atoms with Crippen molar-refractivity contribution < 1.29 is 9.90 Å². The highest BCUT2D eigenvalue weighted by Gasteiger charge is 2.38. The highest BCUT2D eigenvalue weighted by molar-refractivity contribution is 5.74. The molecule has 0 amide bonds. The van der Waals surface area contributed by atoms with Gasteiger partial charge < -0.3 is 5.11 Å². The molecule has 0 fully saturated rings. The molecule has 0 saturated carbocycles. The van der Waals surface area contributed by atoms with Crippen LogP contribution in [0.4, 0.5) is 0 Å². The Morgan fingerprint density at radius 3 is 1.82 bits per heavy atom. The molecule has 2 nitrogen and oxygen atoms in total. The van der Waals surface area contributed by atoms with Crippen molar-refractivity contribution in [2.75, 3.05) is 0 Å². The average molecular weight is 242 g/mol. The number of carboxylic acids is 1. The van der Waals surface area contributed by atoms with Gasteiger partial charge in [-0.05, 0) is 43.9 Å². The minimum Gasteiger partial charge on any atom is -0.481 e. The summed E-state index contributed by atoms with van der Waals surface area (Å²) in [5, 5.41) is 9.48. The van der Waals surface area contributed by atoms with Gasteiger partial charge in [0, 0.05) is 0 Å². The van der Waals surface area contributed by atoms with E-state index in [1.54, 1.807) is 0 Å². The van der Waals surface area contributed by atoms with Crippen LogP contribution in [0.3, 0.4) is 0 Å². The third-order valence-electron chi connectivity index (χ3n) is 3.99. The fraction of sp³-hybridized carbons (Fsp3) is 0.933. The molecule has 1 N–H and O–H groups in total. The lowest BCUT2D eigenvalue weighted by Gasteiger charge is -2.32. The molecule has 2 unspecified atom stereocenters. The predicted molar refractivity (Wildman–Crippen MR) is 73.1 cm³/mol. The van der Waals surface area contributed by atoms with Crippen LogP contribution in [-0.4, -0.2) is 11.1 Å². The van der Waals surface area contributed by atoms with Crippen LogP contribution in [0.25, 0.3) is 0 Å². The molecular formula is C15H30O2. The third kappa shape index (κ3) is 5.56. The van der Waals surface area contributed by atoms with Crippen molar-refractivity contribution in [1.82, 2.24) is 0 Å². The van der Waals surface area contributed by atoms with E-state index in [-0.39, 0.29) is 5.92 Å². The summed E-state index contributed by atoms with van der Waals surface area (Å²) in [4.78, 5) is 11.5. The molecule has 102 valence electrons. The number of carboxylic acid groups (broad SMARTS) is 1. The second kappa shape index (κ2) is 7.03. The van der Waals surface area contributed by atoms with Crippen molar-refractivity contribution >= 4 is 5.97 Å². The quantitative estimate of drug-likeness (QED) is 0.676. The summed E-state index contributed by atoms with van der Waals surface area (Å²) >= 11 is 0. The Labute approximate surface area is 107 Å². The molecule has 0 aromatic carbocycles. The van der Waals surface area contributed by atoms with Gasteiger partial charge in [-0.1, -0.05) is 41.0 Å². The van der Waals surface area contributed by atoms with Gasteiger partial charge in [-0.25, -0.2) is 0 Å². The summed E-state index contributed by atoms with van der Waals surface area (Å²) in [6, 6.07) is 0. The molecule has 2 heteroatoms. The van der Waals surface area contributed by atoms with Crippen LogP contribution in [0.15, 0.2) is 0 Å². The first-order chi connectivity index (χ1) is 7.70. The van der Waals surface area contributed by atoms with E-state index in [9.17, 15) is 9.90 Å². The zero-order valence-electron chi connectivity index (χ0n) is 12.4. The van der Waals surface area contributed by atoms with Gasteiger partial charge in [0.05, 0.1) is 5.41 Å². The molecule has 2 atom stereocenters. The number of carbonyl (C=O) groups is 1. The number of rotatable bonds is 8. The summed E-state index contributed by atoms with van der Waals surface area (Å²) in [6.45, 7) is 12.7. The Kier molecular flexibility index (Phi) is 6.81. The molecule has 0 aliphatic rings. The maximum atomic E-state index is 11.5. The molecule has 0 aliphatic heterocycles. The van der Waals surface area contributed by atoms with Crippen molar-refractivity contribution in [2.45, 2.75) is 67.2 Å². The maximum absolute atomic E-state index is 11.5. The van der Waals surface area contributed by atoms with E-state index in [1.165, 1.54) is 0 Å². The largest absolute Gasteiger partial charge is 0.481 e. The normalized spacial score (nSPS) is 17.2. The van der Waals surface area contributed by atoms with E-state index < -0.39 is 11.4 Å². The fourth-order valence-corrected chi connectivity index (χ4v) is 2.05. The summed E-state index contributed by atoms with van der Waals surface area (Å²) in [7, 11) is 0. The van der Waals surface area contributed by atoms with Crippen LogP contribution < -0.4 is 0 Å². The predicted octanol–water partition coefficient (Wildman–Crippen LogP) is 4.59. The SMILES string of the molecule is CC(C)CCC(C)C(C)(CCC(C)C)C(=O)O. The van der Waals surface area contributed by atoms with Gasteiger partial charge >= 0.3 is 5.97 Å². The Bertz CT molecular complexity index is 233. The molecule has 0 bridgehead atoms. The van der Waals surface area contributed by atoms with Crippen molar-refractivity contribution in [3.05, 3.63) is 0 Å². The van der Waals surface area contributed by atoms with Crippen LogP contribution in [0.5, 0.6) is 0 Å². The zero-order chi connectivity index (χ0) is 13.6. The van der Waals surface area contributed by atoms with Crippen molar-refractivity contribution in [3.63, 3.8) is 0 Å². The van der Waals surface area contributed by atoms with Gasteiger partial charge in [-0.3, -0.25) is 4.79 Å². The van der Waals surface area contributed by atoms with Crippen molar-refractivity contribution in [3.8, 4) is 0 Å². The second-order valence-corrected chi connectivity index (χ2v) is 6.53. The fourth-order valence-electron chi connectivity index (χ4n) is 2.05. The van der Waals surface area contributed by atoms with Crippen molar-refractivity contribution in [1.29, 1.82) is 0 Å². The third-order valence-corrected chi connectivity index (χ3v) is 3.99. The second-order valence-electron chi connectivity index (χ2n) is 6.53. The van der Waals surface area contributed by atoms with Crippen LogP contribution >= 0.6 is 0 Å². The average Bonchev–Trinajstić information content (AvgIpc) is 2.21. The molecule has 0 saturated heterocycles. The summed E-state index contributed by atoms with van der Waals surface area (Å²) in [6.07, 6.45) is 3.92. The van der Waals surface area contributed by atoms with Gasteiger partial charge in [0.1, 0.15) is 0 Å². The molecule has 0 rings (SSSR count). The molecule has 0 radical (unpaired) electrons. The summed E-state index contributed by atoms with van der Waals surface area (Å²) < 4.78 is 0. The van der Waals surface area contributed by atoms with Crippen molar-refractivity contribution in [2.24, 2.45) is 23.2 Å². The van der Waals surface area contributed by atoms with Gasteiger partial charge in [-0.2, -0.15) is 0 Å². The van der Waals surface area contributed by atoms with Gasteiger partial charge in [0.15, 0.2) is 0 Å². The maximum Gasteiger partial charge on any atom is 0.309 e. The first kappa shape index (κ1) is 16.5. The summed E-state index contributed by atoms with van der Waals surface area (Å²) in [5.41, 5.74) is -0.556. The van der Waals surface area contributed by atoms with Crippen LogP contribution in [-0.2, 0) is 4.79 Å². The Morgan fingerprint density at radius 2 is 1.47 bits per heavy atom. The van der Waals surface area contributed by atoms with Crippen LogP contribution in [0.2, 0.25) is 0 Å². The van der Waals surface area contributed by atoms with E-state index in [0.717, 1.165) is 25.7 Å². The number of hydrogen-bond acceptors (Lipinski definition) is 1. The molecule has 0 aliphatic carbocycles. The first-order valence-electron chi connectivity index (χ1n) is 6.93. The van der Waals surface area contributed by atoms with Gasteiger partial charge in [0.25, 0.3) is 0 Å². The molecule has 0 aromatic rings. The smallest absolute Gasteiger partial charge is 0.309 e. The van der Waals surface area contributed by atoms with Gasteiger partial charge in [0.2, 0.25) is 0 Å². The van der Waals surface area contributed by atoms with E-state index in [1.807, 2.05) is 6.92 Å². The monoisotopic (exact) mass is 242 g/mol. The first-order valence-corrected chi connectivity index (χ1v) is 6.93. The minimum absolute atomic E-state index is 0.251. The molecule has 0 aromatic heterocycles. The molecular weight excluding hydrogens is 212 g/mol. The lowest BCUT2D eigenvalue weighted by molar-refractivity contribution is -0.152. The Morgan fingerprint density at radius 1 is 1.00 bits per heavy atom. The summed E-state index contributed by atoms with van der Waals surface area (Å²) in [5.74, 6) is 0.849. The Balaban J connectivity index is 4.52. The van der Waals surface area contributed by atoms with E-state index >= 15 is 0 Å². The minimum atomic E-state index is -0.630. The number of aliphatic carboxylic acids is 1. The van der Waals surface area contributed by atoms with E-state index in [4.69, 9.17) is 0 Å². The van der Waals surface area contributed by atoms with E-state index in [0.29, 0.717) is 11.8 Å². The highest BCUT2D eigenvalue weighted by Crippen LogP contribution is 2.37. The lowest BCUT2D eigenvalue weighted by Crippen LogP contribution is -2.35. The molecule has 0 heterocycles. The van der Waals surface area contributed by atoms with Crippen LogP contribution in [0, 0.1) is 23.2 Å². The number of hydrogen-bond donors (Lipinski definition) is 1. The molecule has 17 heavy (non-hydrogen) atoms. The standard InChI is InChI=1S/C15H30O2/c1-11(2)7-8-13(5)15(6,14(16)17)10-9-12(3)4/h11-13H,7-10H2,1-6H3,(H,16,17). The lowest BCUT2D eigenvalue weighted by atomic mass is 9.71. The van der Waals surface area contributed by atoms with Crippen LogP contribution in [0.1, 0.15) is 67.2 Å². The van der Waals surface area contributed by atoms with Gasteiger partial charge in [-0.15, -0.1) is 0 Å². The zero-order valence-corrected chi connectivity index (χ0v) is 12.4. The highest BCUT2D eigenvalue weighted by atomic mass is 16.4.